The molecule has 1 aromatic heterocycles. The number of rotatable bonds is 4. The monoisotopic (exact) mass is 277 g/mol. The average Bonchev–Trinajstić information content (AvgIpc) is 2.77. The first kappa shape index (κ1) is 13.5. The van der Waals surface area contributed by atoms with Crippen LogP contribution in [0.15, 0.2) is 29.6 Å². The molecule has 4 N–H and O–H groups in total. The van der Waals surface area contributed by atoms with Crippen LogP contribution in [0, 0.1) is 6.92 Å². The van der Waals surface area contributed by atoms with Gasteiger partial charge in [0.1, 0.15) is 5.75 Å². The topological polar surface area (TPSA) is 88.2 Å². The highest BCUT2D eigenvalue weighted by Crippen LogP contribution is 2.15. The standard InChI is InChI=1S/C13H15N3O2S/c1-8-7-19-13(15-8)16-12(18)11(14)6-9-2-4-10(17)5-3-9/h2-5,7,11,17H,6,14H2,1H3,(H,15,16,18)/t11-/m1/s1. The molecular formula is C13H15N3O2S. The Balaban J connectivity index is 1.94. The van der Waals surface area contributed by atoms with Gasteiger partial charge in [0.25, 0.3) is 0 Å². The Morgan fingerprint density at radius 3 is 2.74 bits per heavy atom. The summed E-state index contributed by atoms with van der Waals surface area (Å²) in [7, 11) is 0. The summed E-state index contributed by atoms with van der Waals surface area (Å²) in [5, 5.41) is 14.3. The summed E-state index contributed by atoms with van der Waals surface area (Å²) in [6, 6.07) is 5.99. The number of carbonyl (C=O) groups is 1. The van der Waals surface area contributed by atoms with E-state index < -0.39 is 6.04 Å². The Morgan fingerprint density at radius 1 is 1.47 bits per heavy atom. The van der Waals surface area contributed by atoms with Crippen molar-refractivity contribution in [1.29, 1.82) is 0 Å². The van der Waals surface area contributed by atoms with Crippen LogP contribution in [0.4, 0.5) is 5.13 Å². The molecule has 0 aliphatic carbocycles. The molecule has 0 fully saturated rings. The maximum atomic E-state index is 11.9. The van der Waals surface area contributed by atoms with Crippen molar-refractivity contribution in [2.45, 2.75) is 19.4 Å². The van der Waals surface area contributed by atoms with Gasteiger partial charge in [-0.1, -0.05) is 12.1 Å². The molecule has 0 aliphatic heterocycles. The maximum absolute atomic E-state index is 11.9. The Morgan fingerprint density at radius 2 is 2.16 bits per heavy atom. The maximum Gasteiger partial charge on any atom is 0.243 e. The van der Waals surface area contributed by atoms with E-state index in [4.69, 9.17) is 5.73 Å². The Bertz CT molecular complexity index is 566. The summed E-state index contributed by atoms with van der Waals surface area (Å²) in [6.45, 7) is 1.86. The van der Waals surface area contributed by atoms with Crippen LogP contribution in [0.2, 0.25) is 0 Å². The fraction of sp³-hybridized carbons (Fsp3) is 0.231. The largest absolute Gasteiger partial charge is 0.508 e. The molecule has 0 unspecified atom stereocenters. The zero-order valence-electron chi connectivity index (χ0n) is 10.5. The highest BCUT2D eigenvalue weighted by atomic mass is 32.1. The highest BCUT2D eigenvalue weighted by Gasteiger charge is 2.15. The number of thiazole rings is 1. The van der Waals surface area contributed by atoms with Gasteiger partial charge in [-0.2, -0.15) is 0 Å². The van der Waals surface area contributed by atoms with E-state index in [9.17, 15) is 9.90 Å². The summed E-state index contributed by atoms with van der Waals surface area (Å²) in [5.41, 5.74) is 7.61. The van der Waals surface area contributed by atoms with E-state index in [-0.39, 0.29) is 11.7 Å². The van der Waals surface area contributed by atoms with Crippen molar-refractivity contribution in [3.63, 3.8) is 0 Å². The average molecular weight is 277 g/mol. The lowest BCUT2D eigenvalue weighted by molar-refractivity contribution is -0.117. The van der Waals surface area contributed by atoms with Crippen molar-refractivity contribution in [3.8, 4) is 5.75 Å². The molecule has 0 aliphatic rings. The van der Waals surface area contributed by atoms with Gasteiger partial charge >= 0.3 is 0 Å². The Labute approximate surface area is 115 Å². The summed E-state index contributed by atoms with van der Waals surface area (Å²) in [5.74, 6) is -0.0672. The molecule has 100 valence electrons. The highest BCUT2D eigenvalue weighted by molar-refractivity contribution is 7.13. The number of phenols is 1. The van der Waals surface area contributed by atoms with Gasteiger partial charge in [0, 0.05) is 5.38 Å². The lowest BCUT2D eigenvalue weighted by Crippen LogP contribution is -2.37. The van der Waals surface area contributed by atoms with Crippen LogP contribution in [0.5, 0.6) is 5.75 Å². The molecule has 6 heteroatoms. The van der Waals surface area contributed by atoms with Crippen LogP contribution in [-0.4, -0.2) is 22.0 Å². The number of carbonyl (C=O) groups excluding carboxylic acids is 1. The number of phenolic OH excluding ortho intramolecular Hbond substituents is 1. The minimum atomic E-state index is -0.645. The van der Waals surface area contributed by atoms with Crippen LogP contribution in [0.25, 0.3) is 0 Å². The predicted octanol–water partition coefficient (Wildman–Crippen LogP) is 1.67. The van der Waals surface area contributed by atoms with Gasteiger partial charge in [-0.25, -0.2) is 4.98 Å². The molecule has 0 saturated heterocycles. The molecule has 0 spiro atoms. The van der Waals surface area contributed by atoms with Gasteiger partial charge in [-0.05, 0) is 31.0 Å². The Hall–Kier alpha value is -1.92. The van der Waals surface area contributed by atoms with Gasteiger partial charge in [-0.3, -0.25) is 4.79 Å². The van der Waals surface area contributed by atoms with Crippen LogP contribution in [0.3, 0.4) is 0 Å². The minimum Gasteiger partial charge on any atom is -0.508 e. The molecule has 0 radical (unpaired) electrons. The number of aromatic nitrogens is 1. The van der Waals surface area contributed by atoms with Crippen molar-refractivity contribution in [3.05, 3.63) is 40.9 Å². The van der Waals surface area contributed by atoms with Gasteiger partial charge < -0.3 is 16.2 Å². The molecule has 1 atom stereocenters. The number of hydrogen-bond acceptors (Lipinski definition) is 5. The normalized spacial score (nSPS) is 12.1. The zero-order valence-corrected chi connectivity index (χ0v) is 11.3. The van der Waals surface area contributed by atoms with Gasteiger partial charge in [0.05, 0.1) is 11.7 Å². The molecule has 0 saturated carbocycles. The third-order valence-electron chi connectivity index (χ3n) is 2.58. The number of amides is 1. The number of nitrogens with one attached hydrogen (secondary N) is 1. The first-order valence-electron chi connectivity index (χ1n) is 5.81. The van der Waals surface area contributed by atoms with Crippen molar-refractivity contribution in [2.24, 2.45) is 5.73 Å². The lowest BCUT2D eigenvalue weighted by Gasteiger charge is -2.10. The molecule has 1 heterocycles. The number of aromatic hydroxyl groups is 1. The van der Waals surface area contributed by atoms with Crippen LogP contribution in [0.1, 0.15) is 11.3 Å². The predicted molar refractivity (Wildman–Crippen MR) is 75.3 cm³/mol. The number of nitrogens with zero attached hydrogens (tertiary/aromatic N) is 1. The summed E-state index contributed by atoms with van der Waals surface area (Å²) in [6.07, 6.45) is 0.413. The second kappa shape index (κ2) is 5.81. The number of hydrogen-bond donors (Lipinski definition) is 3. The van der Waals surface area contributed by atoms with Crippen LogP contribution >= 0.6 is 11.3 Å². The number of aryl methyl sites for hydroxylation is 1. The van der Waals surface area contributed by atoms with E-state index in [0.29, 0.717) is 11.6 Å². The van der Waals surface area contributed by atoms with E-state index >= 15 is 0 Å². The summed E-state index contributed by atoms with van der Waals surface area (Å²) in [4.78, 5) is 16.0. The van der Waals surface area contributed by atoms with Crippen molar-refractivity contribution >= 4 is 22.4 Å². The second-order valence-corrected chi connectivity index (χ2v) is 5.12. The minimum absolute atomic E-state index is 0.194. The van der Waals surface area contributed by atoms with E-state index in [2.05, 4.69) is 10.3 Å². The number of anilines is 1. The van der Waals surface area contributed by atoms with Crippen molar-refractivity contribution in [2.75, 3.05) is 5.32 Å². The van der Waals surface area contributed by atoms with Crippen molar-refractivity contribution in [1.82, 2.24) is 4.98 Å². The number of nitrogens with two attached hydrogens (primary N) is 1. The van der Waals surface area contributed by atoms with E-state index in [1.807, 2.05) is 12.3 Å². The molecular weight excluding hydrogens is 262 g/mol. The SMILES string of the molecule is Cc1csc(NC(=O)[C@H](N)Cc2ccc(O)cc2)n1. The molecule has 2 aromatic rings. The zero-order chi connectivity index (χ0) is 13.8. The van der Waals surface area contributed by atoms with Crippen LogP contribution in [-0.2, 0) is 11.2 Å². The lowest BCUT2D eigenvalue weighted by atomic mass is 10.1. The first-order chi connectivity index (χ1) is 9.04. The van der Waals surface area contributed by atoms with Gasteiger partial charge in [-0.15, -0.1) is 11.3 Å². The molecule has 2 rings (SSSR count). The summed E-state index contributed by atoms with van der Waals surface area (Å²) >= 11 is 1.37. The molecule has 1 amide bonds. The van der Waals surface area contributed by atoms with E-state index in [1.165, 1.54) is 11.3 Å². The fourth-order valence-electron chi connectivity index (χ4n) is 1.59. The Kier molecular flexibility index (Phi) is 4.13. The van der Waals surface area contributed by atoms with Crippen LogP contribution < -0.4 is 11.1 Å². The third kappa shape index (κ3) is 3.77. The fourth-order valence-corrected chi connectivity index (χ4v) is 2.28. The van der Waals surface area contributed by atoms with Crippen molar-refractivity contribution < 1.29 is 9.90 Å². The molecule has 19 heavy (non-hydrogen) atoms. The van der Waals surface area contributed by atoms with E-state index in [0.717, 1.165) is 11.3 Å². The number of benzene rings is 1. The third-order valence-corrected chi connectivity index (χ3v) is 3.45. The van der Waals surface area contributed by atoms with Gasteiger partial charge in [0.2, 0.25) is 5.91 Å². The second-order valence-electron chi connectivity index (χ2n) is 4.26. The first-order valence-corrected chi connectivity index (χ1v) is 6.69. The quantitative estimate of drug-likeness (QED) is 0.793. The molecule has 5 nitrogen and oxygen atoms in total. The smallest absolute Gasteiger partial charge is 0.243 e. The van der Waals surface area contributed by atoms with E-state index in [1.54, 1.807) is 24.3 Å². The van der Waals surface area contributed by atoms with Gasteiger partial charge in [0.15, 0.2) is 5.13 Å². The molecule has 0 bridgehead atoms. The summed E-state index contributed by atoms with van der Waals surface area (Å²) < 4.78 is 0. The molecule has 1 aromatic carbocycles.